The summed E-state index contributed by atoms with van der Waals surface area (Å²) in [6.45, 7) is 0. The lowest BCUT2D eigenvalue weighted by Crippen LogP contribution is -2.59. The number of ether oxygens (including phenoxy) is 1. The van der Waals surface area contributed by atoms with Crippen LogP contribution in [0.2, 0.25) is 5.02 Å². The van der Waals surface area contributed by atoms with Gasteiger partial charge in [0.1, 0.15) is 0 Å². The summed E-state index contributed by atoms with van der Waals surface area (Å²) in [4.78, 5) is 23.9. The van der Waals surface area contributed by atoms with Crippen LogP contribution >= 0.6 is 11.6 Å². The first-order chi connectivity index (χ1) is 16.0. The third-order valence-electron chi connectivity index (χ3n) is 6.40. The standard InChI is InChI=1S/C22H20ClF3N2O5S/c1-33-22(30)28-20-11-4-12(20)6-14(5-11)34(31,32)18-7-10(2-3-15(18)23)21(29)27-13-8-16(24)19(26)17(25)9-13/h2-3,7-9,11-12,14,20H,4-6H2,1H3,(H,27,29)(H,28,30). The van der Waals surface area contributed by atoms with Crippen molar-refractivity contribution in [3.8, 4) is 0 Å². The van der Waals surface area contributed by atoms with Gasteiger partial charge in [0.2, 0.25) is 0 Å². The molecule has 0 aliphatic heterocycles. The summed E-state index contributed by atoms with van der Waals surface area (Å²) < 4.78 is 71.3. The van der Waals surface area contributed by atoms with Gasteiger partial charge in [0.25, 0.3) is 5.91 Å². The van der Waals surface area contributed by atoms with E-state index in [9.17, 15) is 31.2 Å². The molecule has 5 rings (SSSR count). The minimum absolute atomic E-state index is 0.0221. The topological polar surface area (TPSA) is 102 Å². The smallest absolute Gasteiger partial charge is 0.407 e. The molecule has 0 saturated heterocycles. The van der Waals surface area contributed by atoms with E-state index in [0.717, 1.165) is 12.5 Å². The van der Waals surface area contributed by atoms with E-state index in [2.05, 4.69) is 15.4 Å². The van der Waals surface area contributed by atoms with Gasteiger partial charge in [-0.1, -0.05) is 11.6 Å². The van der Waals surface area contributed by atoms with E-state index in [-0.39, 0.29) is 39.0 Å². The summed E-state index contributed by atoms with van der Waals surface area (Å²) in [7, 11) is -2.67. The number of rotatable bonds is 5. The van der Waals surface area contributed by atoms with Gasteiger partial charge in [0.05, 0.1) is 22.3 Å². The fraction of sp³-hybridized carbons (Fsp3) is 0.364. The first-order valence-electron chi connectivity index (χ1n) is 10.3. The van der Waals surface area contributed by atoms with Gasteiger partial charge in [-0.25, -0.2) is 26.4 Å². The normalized spacial score (nSPS) is 23.6. The lowest BCUT2D eigenvalue weighted by atomic mass is 9.61. The van der Waals surface area contributed by atoms with Crippen LogP contribution in [0.3, 0.4) is 0 Å². The molecule has 2 amide bonds. The number of nitrogens with one attached hydrogen (secondary N) is 2. The summed E-state index contributed by atoms with van der Waals surface area (Å²) in [5.74, 6) is -5.53. The molecule has 12 heteroatoms. The van der Waals surface area contributed by atoms with Crippen molar-refractivity contribution >= 4 is 39.1 Å². The van der Waals surface area contributed by atoms with Crippen LogP contribution in [-0.4, -0.2) is 38.8 Å². The number of fused-ring (bicyclic) bond motifs is 2. The van der Waals surface area contributed by atoms with E-state index in [1.54, 1.807) is 0 Å². The van der Waals surface area contributed by atoms with Gasteiger partial charge in [0.15, 0.2) is 27.3 Å². The molecular weight excluding hydrogens is 497 g/mol. The summed E-state index contributed by atoms with van der Waals surface area (Å²) in [5, 5.41) is 4.13. The zero-order chi connectivity index (χ0) is 24.8. The molecule has 0 spiro atoms. The van der Waals surface area contributed by atoms with E-state index in [1.807, 2.05) is 0 Å². The predicted molar refractivity (Wildman–Crippen MR) is 117 cm³/mol. The second-order valence-corrected chi connectivity index (χ2v) is 11.0. The Bertz CT molecular complexity index is 1240. The van der Waals surface area contributed by atoms with Crippen LogP contribution in [0.15, 0.2) is 35.2 Å². The SMILES string of the molecule is COC(=O)NC1C2CC1CC(S(=O)(=O)c1cc(C(=O)Nc3cc(F)c(F)c(F)c3)ccc1Cl)C2. The van der Waals surface area contributed by atoms with E-state index < -0.39 is 44.5 Å². The van der Waals surface area contributed by atoms with Gasteiger partial charge < -0.3 is 15.4 Å². The number of hydrogen-bond donors (Lipinski definition) is 2. The summed E-state index contributed by atoms with van der Waals surface area (Å²) in [6, 6.07) is 4.69. The number of benzene rings is 2. The van der Waals surface area contributed by atoms with Gasteiger partial charge in [-0.2, -0.15) is 0 Å². The highest BCUT2D eigenvalue weighted by Crippen LogP contribution is 2.49. The molecule has 0 aromatic heterocycles. The quantitative estimate of drug-likeness (QED) is 0.577. The molecule has 2 aromatic carbocycles. The van der Waals surface area contributed by atoms with Crippen LogP contribution in [0.25, 0.3) is 0 Å². The Morgan fingerprint density at radius 3 is 2.24 bits per heavy atom. The molecule has 3 aliphatic rings. The van der Waals surface area contributed by atoms with E-state index >= 15 is 0 Å². The van der Waals surface area contributed by atoms with Crippen LogP contribution < -0.4 is 10.6 Å². The van der Waals surface area contributed by atoms with Crippen molar-refractivity contribution in [2.75, 3.05) is 12.4 Å². The van der Waals surface area contributed by atoms with E-state index in [4.69, 9.17) is 11.6 Å². The van der Waals surface area contributed by atoms with Crippen molar-refractivity contribution < 1.29 is 35.9 Å². The van der Waals surface area contributed by atoms with Gasteiger partial charge >= 0.3 is 6.09 Å². The van der Waals surface area contributed by atoms with Gasteiger partial charge in [-0.05, 0) is 49.3 Å². The highest BCUT2D eigenvalue weighted by Gasteiger charge is 2.51. The van der Waals surface area contributed by atoms with Gasteiger partial charge in [-0.15, -0.1) is 0 Å². The van der Waals surface area contributed by atoms with Crippen molar-refractivity contribution in [1.82, 2.24) is 5.32 Å². The van der Waals surface area contributed by atoms with Gasteiger partial charge in [0, 0.05) is 29.4 Å². The third-order valence-corrected chi connectivity index (χ3v) is 9.06. The molecule has 0 heterocycles. The average Bonchev–Trinajstić information content (AvgIpc) is 2.80. The van der Waals surface area contributed by atoms with Crippen molar-refractivity contribution in [1.29, 1.82) is 0 Å². The second kappa shape index (κ2) is 9.10. The Balaban J connectivity index is 1.53. The number of carbonyl (C=O) groups is 2. The largest absolute Gasteiger partial charge is 0.453 e. The van der Waals surface area contributed by atoms with Crippen molar-refractivity contribution in [3.63, 3.8) is 0 Å². The van der Waals surface area contributed by atoms with E-state index in [0.29, 0.717) is 25.0 Å². The molecule has 2 unspecified atom stereocenters. The Morgan fingerprint density at radius 2 is 1.65 bits per heavy atom. The number of amides is 2. The maximum atomic E-state index is 13.4. The summed E-state index contributed by atoms with van der Waals surface area (Å²) >= 11 is 6.16. The fourth-order valence-corrected chi connectivity index (χ4v) is 7.12. The van der Waals surface area contributed by atoms with Crippen molar-refractivity contribution in [2.45, 2.75) is 35.4 Å². The Kier molecular flexibility index (Phi) is 6.52. The molecule has 3 fully saturated rings. The third kappa shape index (κ3) is 4.46. The average molecular weight is 517 g/mol. The Labute approximate surface area is 198 Å². The predicted octanol–water partition coefficient (Wildman–Crippen LogP) is 4.31. The highest BCUT2D eigenvalue weighted by atomic mass is 35.5. The Hall–Kier alpha value is -2.79. The fourth-order valence-electron chi connectivity index (χ4n) is 4.69. The van der Waals surface area contributed by atoms with Crippen LogP contribution in [0.5, 0.6) is 0 Å². The number of sulfone groups is 1. The first-order valence-corrected chi connectivity index (χ1v) is 12.3. The number of halogens is 4. The molecule has 3 saturated carbocycles. The van der Waals surface area contributed by atoms with Gasteiger partial charge in [-0.3, -0.25) is 4.79 Å². The molecule has 3 aliphatic carbocycles. The number of anilines is 1. The molecule has 34 heavy (non-hydrogen) atoms. The monoisotopic (exact) mass is 516 g/mol. The molecule has 7 nitrogen and oxygen atoms in total. The van der Waals surface area contributed by atoms with Crippen LogP contribution in [-0.2, 0) is 14.6 Å². The minimum Gasteiger partial charge on any atom is -0.453 e. The minimum atomic E-state index is -3.93. The number of hydrogen-bond acceptors (Lipinski definition) is 5. The molecule has 182 valence electrons. The van der Waals surface area contributed by atoms with Crippen LogP contribution in [0.4, 0.5) is 23.7 Å². The summed E-state index contributed by atoms with van der Waals surface area (Å²) in [5.41, 5.74) is -0.448. The second-order valence-electron chi connectivity index (χ2n) is 8.41. The van der Waals surface area contributed by atoms with Crippen molar-refractivity contribution in [3.05, 3.63) is 58.4 Å². The maximum Gasteiger partial charge on any atom is 0.407 e. The zero-order valence-electron chi connectivity index (χ0n) is 17.8. The number of methoxy groups -OCH3 is 1. The van der Waals surface area contributed by atoms with E-state index in [1.165, 1.54) is 19.2 Å². The first kappa shape index (κ1) is 24.3. The molecule has 0 radical (unpaired) electrons. The van der Waals surface area contributed by atoms with Crippen LogP contribution in [0.1, 0.15) is 29.6 Å². The molecule has 2 N–H and O–H groups in total. The summed E-state index contributed by atoms with van der Waals surface area (Å²) in [6.07, 6.45) is 0.855. The Morgan fingerprint density at radius 1 is 1.03 bits per heavy atom. The van der Waals surface area contributed by atoms with Crippen LogP contribution in [0, 0.1) is 29.3 Å². The zero-order valence-corrected chi connectivity index (χ0v) is 19.4. The lowest BCUT2D eigenvalue weighted by molar-refractivity contribution is 0.0490. The molecular formula is C22H20ClF3N2O5S. The number of carbonyl (C=O) groups excluding carboxylic acids is 2. The lowest BCUT2D eigenvalue weighted by Gasteiger charge is -2.51. The maximum absolute atomic E-state index is 13.4. The molecule has 2 bridgehead atoms. The number of alkyl carbamates (subject to hydrolysis) is 1. The highest BCUT2D eigenvalue weighted by molar-refractivity contribution is 7.92. The molecule has 2 aromatic rings. The molecule has 2 atom stereocenters. The van der Waals surface area contributed by atoms with Crippen molar-refractivity contribution in [2.24, 2.45) is 11.8 Å².